The number of aliphatic hydroxyl groups is 1. The zero-order valence-electron chi connectivity index (χ0n) is 10.7. The van der Waals surface area contributed by atoms with E-state index in [0.29, 0.717) is 12.6 Å². The minimum atomic E-state index is 0.0174. The highest BCUT2D eigenvalue weighted by Gasteiger charge is 2.12. The minimum Gasteiger partial charge on any atom is -0.395 e. The van der Waals surface area contributed by atoms with Gasteiger partial charge in [0.1, 0.15) is 0 Å². The maximum Gasteiger partial charge on any atom is 0.0606 e. The first kappa shape index (κ1) is 14.5. The van der Waals surface area contributed by atoms with Gasteiger partial charge in [0.05, 0.1) is 6.61 Å². The van der Waals surface area contributed by atoms with Gasteiger partial charge in [-0.2, -0.15) is 0 Å². The second-order valence-electron chi connectivity index (χ2n) is 4.51. The fourth-order valence-corrected chi connectivity index (χ4v) is 2.58. The minimum absolute atomic E-state index is 0.0174. The molecule has 0 saturated heterocycles. The highest BCUT2D eigenvalue weighted by molar-refractivity contribution is 9.10. The Kier molecular flexibility index (Phi) is 5.43. The van der Waals surface area contributed by atoms with Gasteiger partial charge < -0.3 is 15.7 Å². The molecule has 0 aromatic heterocycles. The van der Waals surface area contributed by atoms with Gasteiger partial charge in [-0.1, -0.05) is 22.0 Å². The van der Waals surface area contributed by atoms with Crippen molar-refractivity contribution in [3.8, 4) is 0 Å². The van der Waals surface area contributed by atoms with Crippen LogP contribution in [0.2, 0.25) is 0 Å². The fourth-order valence-electron chi connectivity index (χ4n) is 1.86. The van der Waals surface area contributed by atoms with Crippen LogP contribution in [0, 0.1) is 0 Å². The summed E-state index contributed by atoms with van der Waals surface area (Å²) in [5.74, 6) is 0. The first-order valence-electron chi connectivity index (χ1n) is 5.90. The molecule has 0 aliphatic rings. The number of hydrogen-bond acceptors (Lipinski definition) is 3. The Morgan fingerprint density at radius 1 is 1.35 bits per heavy atom. The van der Waals surface area contributed by atoms with E-state index in [9.17, 15) is 0 Å². The Morgan fingerprint density at radius 2 is 2.00 bits per heavy atom. The van der Waals surface area contributed by atoms with E-state index in [2.05, 4.69) is 46.8 Å². The first-order valence-corrected chi connectivity index (χ1v) is 6.69. The van der Waals surface area contributed by atoms with E-state index in [1.54, 1.807) is 0 Å². The van der Waals surface area contributed by atoms with Gasteiger partial charge in [-0.05, 0) is 38.5 Å². The summed E-state index contributed by atoms with van der Waals surface area (Å²) in [5.41, 5.74) is 8.08. The third kappa shape index (κ3) is 3.69. The number of hydrogen-bond donors (Lipinski definition) is 2. The Labute approximate surface area is 112 Å². The van der Waals surface area contributed by atoms with E-state index in [1.807, 2.05) is 13.0 Å². The number of nitrogens with two attached hydrogens (primary N) is 1. The van der Waals surface area contributed by atoms with Crippen LogP contribution in [0.3, 0.4) is 0 Å². The molecule has 17 heavy (non-hydrogen) atoms. The standard InChI is InChI=1S/C13H21BrN2O/c1-9(2)16(6-7-17)11-4-5-12(10(3)15)13(14)8-11/h4-5,8-10,17H,6-7,15H2,1-3H3/t10-/m0/s1. The van der Waals surface area contributed by atoms with Crippen molar-refractivity contribution in [2.24, 2.45) is 5.73 Å². The Bertz CT molecular complexity index is 366. The number of rotatable bonds is 5. The van der Waals surface area contributed by atoms with Gasteiger partial charge in [0, 0.05) is 28.8 Å². The second-order valence-corrected chi connectivity index (χ2v) is 5.36. The molecular formula is C13H21BrN2O. The molecule has 0 heterocycles. The van der Waals surface area contributed by atoms with E-state index in [1.165, 1.54) is 0 Å². The van der Waals surface area contributed by atoms with E-state index in [4.69, 9.17) is 10.8 Å². The number of benzene rings is 1. The van der Waals surface area contributed by atoms with Gasteiger partial charge in [0.25, 0.3) is 0 Å². The summed E-state index contributed by atoms with van der Waals surface area (Å²) in [6.45, 7) is 6.99. The molecule has 4 heteroatoms. The maximum atomic E-state index is 9.09. The van der Waals surface area contributed by atoms with Crippen LogP contribution in [0.5, 0.6) is 0 Å². The fraction of sp³-hybridized carbons (Fsp3) is 0.538. The SMILES string of the molecule is CC(C)N(CCO)c1ccc([C@H](C)N)c(Br)c1. The molecular weight excluding hydrogens is 280 g/mol. The number of anilines is 1. The lowest BCUT2D eigenvalue weighted by atomic mass is 10.1. The van der Waals surface area contributed by atoms with Crippen molar-refractivity contribution >= 4 is 21.6 Å². The molecule has 0 amide bonds. The molecule has 0 spiro atoms. The molecule has 3 N–H and O–H groups in total. The van der Waals surface area contributed by atoms with Gasteiger partial charge in [0.15, 0.2) is 0 Å². The lowest BCUT2D eigenvalue weighted by molar-refractivity contribution is 0.299. The average Bonchev–Trinajstić information content (AvgIpc) is 2.24. The van der Waals surface area contributed by atoms with Gasteiger partial charge in [-0.3, -0.25) is 0 Å². The van der Waals surface area contributed by atoms with Gasteiger partial charge in [-0.15, -0.1) is 0 Å². The summed E-state index contributed by atoms with van der Waals surface area (Å²) in [7, 11) is 0. The molecule has 0 unspecified atom stereocenters. The third-order valence-corrected chi connectivity index (χ3v) is 3.46. The van der Waals surface area contributed by atoms with Gasteiger partial charge in [0.2, 0.25) is 0 Å². The van der Waals surface area contributed by atoms with Crippen molar-refractivity contribution in [3.63, 3.8) is 0 Å². The van der Waals surface area contributed by atoms with E-state index >= 15 is 0 Å². The van der Waals surface area contributed by atoms with Crippen molar-refractivity contribution in [1.29, 1.82) is 0 Å². The van der Waals surface area contributed by atoms with E-state index < -0.39 is 0 Å². The largest absolute Gasteiger partial charge is 0.395 e. The molecule has 0 aliphatic heterocycles. The molecule has 1 atom stereocenters. The highest BCUT2D eigenvalue weighted by atomic mass is 79.9. The predicted octanol–water partition coefficient (Wildman–Crippen LogP) is 2.68. The van der Waals surface area contributed by atoms with Gasteiger partial charge >= 0.3 is 0 Å². The Morgan fingerprint density at radius 3 is 2.41 bits per heavy atom. The normalized spacial score (nSPS) is 12.9. The topological polar surface area (TPSA) is 49.5 Å². The first-order chi connectivity index (χ1) is 7.97. The molecule has 0 fully saturated rings. The van der Waals surface area contributed by atoms with Crippen molar-refractivity contribution in [3.05, 3.63) is 28.2 Å². The van der Waals surface area contributed by atoms with Crippen molar-refractivity contribution < 1.29 is 5.11 Å². The zero-order valence-corrected chi connectivity index (χ0v) is 12.2. The molecule has 1 rings (SSSR count). The molecule has 0 bridgehead atoms. The van der Waals surface area contributed by atoms with Crippen LogP contribution in [0.25, 0.3) is 0 Å². The predicted molar refractivity (Wildman–Crippen MR) is 76.3 cm³/mol. The second kappa shape index (κ2) is 6.38. The molecule has 1 aromatic rings. The summed E-state index contributed by atoms with van der Waals surface area (Å²) in [6.07, 6.45) is 0. The van der Waals surface area contributed by atoms with Crippen molar-refractivity contribution in [2.75, 3.05) is 18.1 Å². The van der Waals surface area contributed by atoms with Crippen molar-refractivity contribution in [1.82, 2.24) is 0 Å². The molecule has 1 aromatic carbocycles. The van der Waals surface area contributed by atoms with Crippen LogP contribution in [0.1, 0.15) is 32.4 Å². The van der Waals surface area contributed by atoms with Crippen LogP contribution < -0.4 is 10.6 Å². The van der Waals surface area contributed by atoms with Gasteiger partial charge in [-0.25, -0.2) is 0 Å². The highest BCUT2D eigenvalue weighted by Crippen LogP contribution is 2.28. The molecule has 3 nitrogen and oxygen atoms in total. The van der Waals surface area contributed by atoms with Crippen molar-refractivity contribution in [2.45, 2.75) is 32.9 Å². The lowest BCUT2D eigenvalue weighted by Crippen LogP contribution is -2.33. The zero-order chi connectivity index (χ0) is 13.0. The number of halogens is 1. The van der Waals surface area contributed by atoms with E-state index in [0.717, 1.165) is 15.7 Å². The smallest absolute Gasteiger partial charge is 0.0606 e. The average molecular weight is 301 g/mol. The summed E-state index contributed by atoms with van der Waals surface area (Å²) in [5, 5.41) is 9.09. The third-order valence-electron chi connectivity index (χ3n) is 2.77. The van der Waals surface area contributed by atoms with E-state index in [-0.39, 0.29) is 12.6 Å². The molecule has 96 valence electrons. The van der Waals surface area contributed by atoms with Crippen LogP contribution in [-0.2, 0) is 0 Å². The molecule has 0 saturated carbocycles. The molecule has 0 radical (unpaired) electrons. The monoisotopic (exact) mass is 300 g/mol. The van der Waals surface area contributed by atoms with Crippen LogP contribution in [-0.4, -0.2) is 24.3 Å². The Hall–Kier alpha value is -0.580. The van der Waals surface area contributed by atoms with Crippen LogP contribution in [0.15, 0.2) is 22.7 Å². The summed E-state index contributed by atoms with van der Waals surface area (Å²) in [6, 6.07) is 6.53. The maximum absolute atomic E-state index is 9.09. The van der Waals surface area contributed by atoms with Crippen LogP contribution >= 0.6 is 15.9 Å². The lowest BCUT2D eigenvalue weighted by Gasteiger charge is -2.29. The molecule has 0 aliphatic carbocycles. The van der Waals surface area contributed by atoms with Crippen LogP contribution in [0.4, 0.5) is 5.69 Å². The summed E-state index contributed by atoms with van der Waals surface area (Å²) in [4.78, 5) is 2.16. The number of nitrogens with zero attached hydrogens (tertiary/aromatic N) is 1. The summed E-state index contributed by atoms with van der Waals surface area (Å²) < 4.78 is 1.02. The Balaban J connectivity index is 3.02. The quantitative estimate of drug-likeness (QED) is 0.879. The number of aliphatic hydroxyl groups excluding tert-OH is 1. The summed E-state index contributed by atoms with van der Waals surface area (Å²) >= 11 is 3.55.